The van der Waals surface area contributed by atoms with E-state index in [1.54, 1.807) is 6.07 Å². The Hall–Kier alpha value is -2.27. The quantitative estimate of drug-likeness (QED) is 0.510. The molecule has 5 nitrogen and oxygen atoms in total. The summed E-state index contributed by atoms with van der Waals surface area (Å²) in [6.45, 7) is 6.33. The maximum absolute atomic E-state index is 11.3. The Labute approximate surface area is 117 Å². The second-order valence-electron chi connectivity index (χ2n) is 4.79. The van der Waals surface area contributed by atoms with Crippen LogP contribution in [-0.2, 0) is 6.61 Å². The van der Waals surface area contributed by atoms with Gasteiger partial charge in [0.25, 0.3) is 5.91 Å². The van der Waals surface area contributed by atoms with E-state index in [4.69, 9.17) is 15.0 Å². The molecule has 0 atom stereocenters. The summed E-state index contributed by atoms with van der Waals surface area (Å²) in [6, 6.07) is 5.75. The van der Waals surface area contributed by atoms with Crippen LogP contribution in [0.5, 0.6) is 5.75 Å². The molecule has 1 heterocycles. The van der Waals surface area contributed by atoms with Crippen molar-refractivity contribution in [3.8, 4) is 5.75 Å². The van der Waals surface area contributed by atoms with Crippen LogP contribution in [0.1, 0.15) is 32.8 Å². The van der Waals surface area contributed by atoms with E-state index in [1.807, 2.05) is 20.8 Å². The highest BCUT2D eigenvalue weighted by molar-refractivity contribution is 5.93. The van der Waals surface area contributed by atoms with Crippen molar-refractivity contribution < 1.29 is 13.9 Å². The zero-order valence-corrected chi connectivity index (χ0v) is 11.8. The molecular formula is C15H18N2O3. The van der Waals surface area contributed by atoms with Crippen LogP contribution in [0, 0.1) is 20.8 Å². The Balaban J connectivity index is 2.09. The highest BCUT2D eigenvalue weighted by atomic mass is 16.5. The second-order valence-corrected chi connectivity index (χ2v) is 4.79. The summed E-state index contributed by atoms with van der Waals surface area (Å²) < 4.78 is 11.1. The number of aryl methyl sites for hydroxylation is 3. The molecule has 5 heteroatoms. The number of hydrazine groups is 1. The molecule has 0 saturated heterocycles. The Morgan fingerprint density at radius 2 is 1.90 bits per heavy atom. The average molecular weight is 274 g/mol. The lowest BCUT2D eigenvalue weighted by atomic mass is 10.1. The normalized spacial score (nSPS) is 10.4. The van der Waals surface area contributed by atoms with Crippen LogP contribution in [0.15, 0.2) is 28.9 Å². The zero-order valence-electron chi connectivity index (χ0n) is 11.8. The van der Waals surface area contributed by atoms with Crippen LogP contribution in [0.3, 0.4) is 0 Å². The van der Waals surface area contributed by atoms with Crippen molar-refractivity contribution in [2.45, 2.75) is 27.4 Å². The summed E-state index contributed by atoms with van der Waals surface area (Å²) in [7, 11) is 0. The van der Waals surface area contributed by atoms with Crippen LogP contribution in [-0.4, -0.2) is 5.91 Å². The fourth-order valence-corrected chi connectivity index (χ4v) is 2.20. The van der Waals surface area contributed by atoms with E-state index < -0.39 is 0 Å². The van der Waals surface area contributed by atoms with Crippen LogP contribution in [0.25, 0.3) is 0 Å². The highest BCUT2D eigenvalue weighted by Gasteiger charge is 2.10. The van der Waals surface area contributed by atoms with Gasteiger partial charge in [-0.05, 0) is 38.0 Å². The third-order valence-electron chi connectivity index (χ3n) is 3.01. The molecule has 0 spiro atoms. The van der Waals surface area contributed by atoms with Gasteiger partial charge in [-0.2, -0.15) is 0 Å². The van der Waals surface area contributed by atoms with Crippen molar-refractivity contribution in [2.75, 3.05) is 0 Å². The van der Waals surface area contributed by atoms with Crippen molar-refractivity contribution in [1.29, 1.82) is 0 Å². The first-order valence-corrected chi connectivity index (χ1v) is 6.30. The van der Waals surface area contributed by atoms with Crippen molar-refractivity contribution in [3.63, 3.8) is 0 Å². The molecule has 0 aliphatic rings. The van der Waals surface area contributed by atoms with Crippen LogP contribution in [0.2, 0.25) is 0 Å². The average Bonchev–Trinajstić information content (AvgIpc) is 2.85. The summed E-state index contributed by atoms with van der Waals surface area (Å²) in [4.78, 5) is 11.3. The minimum atomic E-state index is -0.386. The SMILES string of the molecule is Cc1cc(C)c(OCc2cc(C(=O)NN)co2)c(C)c1. The molecule has 1 amide bonds. The van der Waals surface area contributed by atoms with Gasteiger partial charge in [0, 0.05) is 0 Å². The topological polar surface area (TPSA) is 77.5 Å². The molecule has 3 N–H and O–H groups in total. The lowest BCUT2D eigenvalue weighted by molar-refractivity contribution is 0.0953. The first-order valence-electron chi connectivity index (χ1n) is 6.30. The first kappa shape index (κ1) is 14.1. The molecule has 106 valence electrons. The maximum atomic E-state index is 11.3. The molecule has 1 aromatic heterocycles. The van der Waals surface area contributed by atoms with Crippen LogP contribution < -0.4 is 16.0 Å². The molecular weight excluding hydrogens is 256 g/mol. The number of nitrogens with two attached hydrogens (primary N) is 1. The Bertz CT molecular complexity index is 609. The molecule has 20 heavy (non-hydrogen) atoms. The Kier molecular flexibility index (Phi) is 4.10. The van der Waals surface area contributed by atoms with Crippen molar-refractivity contribution in [2.24, 2.45) is 5.84 Å². The van der Waals surface area contributed by atoms with E-state index in [1.165, 1.54) is 11.8 Å². The van der Waals surface area contributed by atoms with E-state index in [0.717, 1.165) is 16.9 Å². The summed E-state index contributed by atoms with van der Waals surface area (Å²) in [6.07, 6.45) is 1.36. The van der Waals surface area contributed by atoms with E-state index in [9.17, 15) is 4.79 Å². The standard InChI is InChI=1S/C15H18N2O3/c1-9-4-10(2)14(11(3)5-9)20-8-13-6-12(7-19-13)15(18)17-16/h4-7H,8,16H2,1-3H3,(H,17,18). The van der Waals surface area contributed by atoms with Crippen molar-refractivity contribution in [3.05, 3.63) is 52.5 Å². The number of benzene rings is 1. The molecule has 0 aliphatic carbocycles. The molecule has 0 saturated carbocycles. The summed E-state index contributed by atoms with van der Waals surface area (Å²) in [5, 5.41) is 0. The number of nitrogens with one attached hydrogen (secondary N) is 1. The number of rotatable bonds is 4. The van der Waals surface area contributed by atoms with Gasteiger partial charge < -0.3 is 9.15 Å². The number of hydrogen-bond donors (Lipinski definition) is 2. The summed E-state index contributed by atoms with van der Waals surface area (Å²) in [5.41, 5.74) is 5.79. The van der Waals surface area contributed by atoms with Gasteiger partial charge in [-0.1, -0.05) is 17.7 Å². The summed E-state index contributed by atoms with van der Waals surface area (Å²) in [5.74, 6) is 6.09. The molecule has 0 radical (unpaired) electrons. The number of furan rings is 1. The van der Waals surface area contributed by atoms with E-state index >= 15 is 0 Å². The molecule has 2 rings (SSSR count). The first-order chi connectivity index (χ1) is 9.51. The van der Waals surface area contributed by atoms with Gasteiger partial charge in [-0.25, -0.2) is 5.84 Å². The molecule has 1 aromatic carbocycles. The number of carbonyl (C=O) groups excluding carboxylic acids is 1. The molecule has 0 fully saturated rings. The molecule has 0 unspecified atom stereocenters. The van der Waals surface area contributed by atoms with Crippen molar-refractivity contribution in [1.82, 2.24) is 5.43 Å². The number of nitrogen functional groups attached to an aromatic ring is 1. The summed E-state index contributed by atoms with van der Waals surface area (Å²) >= 11 is 0. The van der Waals surface area contributed by atoms with Crippen LogP contribution >= 0.6 is 0 Å². The third-order valence-corrected chi connectivity index (χ3v) is 3.01. The van der Waals surface area contributed by atoms with Crippen LogP contribution in [0.4, 0.5) is 0 Å². The van der Waals surface area contributed by atoms with Gasteiger partial charge in [0.15, 0.2) is 0 Å². The lowest BCUT2D eigenvalue weighted by Gasteiger charge is -2.12. The predicted molar refractivity (Wildman–Crippen MR) is 75.3 cm³/mol. The highest BCUT2D eigenvalue weighted by Crippen LogP contribution is 2.25. The van der Waals surface area contributed by atoms with Gasteiger partial charge in [-0.15, -0.1) is 0 Å². The molecule has 2 aromatic rings. The Morgan fingerprint density at radius 3 is 2.50 bits per heavy atom. The monoisotopic (exact) mass is 274 g/mol. The van der Waals surface area contributed by atoms with Crippen molar-refractivity contribution >= 4 is 5.91 Å². The van der Waals surface area contributed by atoms with Gasteiger partial charge in [0.05, 0.1) is 5.56 Å². The fraction of sp³-hybridized carbons (Fsp3) is 0.267. The van der Waals surface area contributed by atoms with Gasteiger partial charge >= 0.3 is 0 Å². The number of hydrogen-bond acceptors (Lipinski definition) is 4. The van der Waals surface area contributed by atoms with E-state index in [-0.39, 0.29) is 12.5 Å². The maximum Gasteiger partial charge on any atom is 0.268 e. The van der Waals surface area contributed by atoms with E-state index in [0.29, 0.717) is 11.3 Å². The number of amides is 1. The van der Waals surface area contributed by atoms with Gasteiger partial charge in [0.2, 0.25) is 0 Å². The number of ether oxygens (including phenoxy) is 1. The van der Waals surface area contributed by atoms with Gasteiger partial charge in [0.1, 0.15) is 24.4 Å². The smallest absolute Gasteiger partial charge is 0.268 e. The predicted octanol–water partition coefficient (Wildman–Crippen LogP) is 2.39. The fourth-order valence-electron chi connectivity index (χ4n) is 2.20. The molecule has 0 aliphatic heterocycles. The largest absolute Gasteiger partial charge is 0.485 e. The minimum absolute atomic E-state index is 0.266. The van der Waals surface area contributed by atoms with E-state index in [2.05, 4.69) is 17.6 Å². The number of carbonyl (C=O) groups is 1. The van der Waals surface area contributed by atoms with Gasteiger partial charge in [-0.3, -0.25) is 10.2 Å². The second kappa shape index (κ2) is 5.79. The zero-order chi connectivity index (χ0) is 14.7. The minimum Gasteiger partial charge on any atom is -0.485 e. The molecule has 0 bridgehead atoms. The third kappa shape index (κ3) is 3.00. The lowest BCUT2D eigenvalue weighted by Crippen LogP contribution is -2.29. The Morgan fingerprint density at radius 1 is 1.25 bits per heavy atom.